The lowest BCUT2D eigenvalue weighted by Crippen LogP contribution is -2.54. The van der Waals surface area contributed by atoms with E-state index in [0.717, 1.165) is 27.2 Å². The number of carbonyl (C=O) groups excluding carboxylic acids is 3. The second-order valence-electron chi connectivity index (χ2n) is 10.7. The minimum absolute atomic E-state index is 0.00604. The van der Waals surface area contributed by atoms with E-state index in [4.69, 9.17) is 0 Å². The van der Waals surface area contributed by atoms with Crippen molar-refractivity contribution in [2.45, 2.75) is 11.3 Å². The molecule has 10 nitrogen and oxygen atoms in total. The van der Waals surface area contributed by atoms with Crippen LogP contribution in [-0.2, 0) is 15.0 Å². The van der Waals surface area contributed by atoms with E-state index >= 15 is 0 Å². The fourth-order valence-electron chi connectivity index (χ4n) is 6.97. The van der Waals surface area contributed by atoms with Crippen molar-refractivity contribution in [2.75, 3.05) is 4.90 Å². The Morgan fingerprint density at radius 2 is 1.58 bits per heavy atom. The van der Waals surface area contributed by atoms with Gasteiger partial charge in [0.15, 0.2) is 0 Å². The van der Waals surface area contributed by atoms with E-state index in [0.29, 0.717) is 4.47 Å². The first-order valence-corrected chi connectivity index (χ1v) is 14.2. The number of nitrogens with one attached hydrogen (secondary N) is 1. The second kappa shape index (κ2) is 9.70. The molecule has 2 N–H and O–H groups in total. The van der Waals surface area contributed by atoms with Crippen LogP contribution in [-0.4, -0.2) is 34.0 Å². The summed E-state index contributed by atoms with van der Waals surface area (Å²) in [7, 11) is 0. The monoisotopic (exact) mass is 636 g/mol. The van der Waals surface area contributed by atoms with E-state index in [1.807, 2.05) is 48.5 Å². The van der Waals surface area contributed by atoms with Crippen molar-refractivity contribution >= 4 is 51.2 Å². The van der Waals surface area contributed by atoms with Gasteiger partial charge in [-0.15, -0.1) is 0 Å². The quantitative estimate of drug-likeness (QED) is 0.136. The molecule has 212 valence electrons. The molecule has 1 aliphatic heterocycles. The Labute approximate surface area is 252 Å². The molecule has 0 aromatic heterocycles. The van der Waals surface area contributed by atoms with Crippen molar-refractivity contribution in [2.24, 2.45) is 16.9 Å². The Balaban J connectivity index is 1.38. The molecule has 8 rings (SSSR count). The fraction of sp³-hybridized carbons (Fsp3) is 0.125. The number of phenols is 1. The number of imide groups is 1. The largest absolute Gasteiger partial charge is 0.507 e. The molecule has 3 amide bonds. The zero-order valence-electron chi connectivity index (χ0n) is 22.2. The Hall–Kier alpha value is -5.16. The summed E-state index contributed by atoms with van der Waals surface area (Å²) in [4.78, 5) is 53.4. The lowest BCUT2D eigenvalue weighted by Gasteiger charge is -2.52. The number of anilines is 1. The number of phenolic OH excluding ortho intramolecular Hbond substituents is 1. The minimum atomic E-state index is -1.22. The lowest BCUT2D eigenvalue weighted by molar-refractivity contribution is -0.384. The highest BCUT2D eigenvalue weighted by molar-refractivity contribution is 9.10. The van der Waals surface area contributed by atoms with Gasteiger partial charge >= 0.3 is 0 Å². The molecule has 0 radical (unpaired) electrons. The van der Waals surface area contributed by atoms with Crippen LogP contribution in [0.2, 0.25) is 0 Å². The van der Waals surface area contributed by atoms with Crippen molar-refractivity contribution in [3.8, 4) is 5.75 Å². The summed E-state index contributed by atoms with van der Waals surface area (Å²) in [6.45, 7) is 0. The van der Waals surface area contributed by atoms with E-state index in [1.54, 1.807) is 6.07 Å². The predicted molar refractivity (Wildman–Crippen MR) is 160 cm³/mol. The van der Waals surface area contributed by atoms with E-state index in [9.17, 15) is 29.6 Å². The second-order valence-corrected chi connectivity index (χ2v) is 11.6. The number of amides is 3. The summed E-state index contributed by atoms with van der Waals surface area (Å²) in [6.07, 6.45) is 1.52. The molecule has 3 aliphatic carbocycles. The van der Waals surface area contributed by atoms with Crippen LogP contribution in [0.5, 0.6) is 5.75 Å². The number of aromatic hydroxyl groups is 1. The first-order chi connectivity index (χ1) is 20.7. The van der Waals surface area contributed by atoms with Gasteiger partial charge in [0, 0.05) is 28.7 Å². The van der Waals surface area contributed by atoms with E-state index in [2.05, 4.69) is 26.5 Å². The van der Waals surface area contributed by atoms with Gasteiger partial charge in [-0.25, -0.2) is 10.3 Å². The lowest BCUT2D eigenvalue weighted by atomic mass is 9.47. The van der Waals surface area contributed by atoms with E-state index in [-0.39, 0.29) is 22.7 Å². The number of nitro benzene ring substituents is 1. The highest BCUT2D eigenvalue weighted by Crippen LogP contribution is 2.63. The zero-order valence-corrected chi connectivity index (χ0v) is 23.8. The van der Waals surface area contributed by atoms with Crippen LogP contribution in [0.15, 0.2) is 101 Å². The van der Waals surface area contributed by atoms with Gasteiger partial charge in [0.25, 0.3) is 11.6 Å². The summed E-state index contributed by atoms with van der Waals surface area (Å²) in [5.41, 5.74) is 4.74. The van der Waals surface area contributed by atoms with Gasteiger partial charge in [0.05, 0.1) is 33.4 Å². The normalized spacial score (nSPS) is 23.2. The third-order valence-corrected chi connectivity index (χ3v) is 9.13. The SMILES string of the molecule is O=C(N/N=C\C12c3ccccc3C(c3ccccc31)[C@@H]1C(=O)N(c3ccc([N+](=O)[O-])cc3)C(=O)[C@H]12)c1cc(Br)ccc1O. The molecule has 2 bridgehead atoms. The van der Waals surface area contributed by atoms with E-state index < -0.39 is 45.8 Å². The van der Waals surface area contributed by atoms with Crippen molar-refractivity contribution < 1.29 is 24.4 Å². The molecule has 0 unspecified atom stereocenters. The summed E-state index contributed by atoms with van der Waals surface area (Å²) in [5, 5.41) is 25.8. The summed E-state index contributed by atoms with van der Waals surface area (Å²) >= 11 is 3.30. The molecule has 0 spiro atoms. The number of nitrogens with zero attached hydrogens (tertiary/aromatic N) is 3. The predicted octanol–water partition coefficient (Wildman–Crippen LogP) is 5.03. The van der Waals surface area contributed by atoms with Crippen LogP contribution < -0.4 is 10.3 Å². The highest BCUT2D eigenvalue weighted by atomic mass is 79.9. The molecule has 2 atom stereocenters. The number of benzene rings is 4. The first-order valence-electron chi connectivity index (χ1n) is 13.4. The van der Waals surface area contributed by atoms with Gasteiger partial charge in [0.1, 0.15) is 5.75 Å². The molecule has 43 heavy (non-hydrogen) atoms. The molecule has 1 heterocycles. The number of carbonyl (C=O) groups is 3. The van der Waals surface area contributed by atoms with Crippen LogP contribution in [0.1, 0.15) is 38.5 Å². The highest BCUT2D eigenvalue weighted by Gasteiger charge is 2.68. The summed E-state index contributed by atoms with van der Waals surface area (Å²) in [6, 6.07) is 25.0. The number of rotatable bonds is 5. The van der Waals surface area contributed by atoms with Gasteiger partial charge in [-0.3, -0.25) is 24.5 Å². The van der Waals surface area contributed by atoms with Gasteiger partial charge in [-0.05, 0) is 52.6 Å². The standard InChI is InChI=1S/C32H21BrN4O6/c33-17-9-14-25(38)22(15-17)29(39)35-34-16-32-23-7-3-1-5-20(23)26(21-6-2-4-8-24(21)32)27-28(32)31(41)36(30(27)40)18-10-12-19(13-11-18)37(42)43/h1-16,26-28,38H,(H,35,39)/b34-16-/t26?,27-,28-,32?/m0/s1. The number of non-ortho nitro benzene ring substituents is 1. The molecule has 4 aromatic carbocycles. The third-order valence-electron chi connectivity index (χ3n) is 8.64. The molecule has 11 heteroatoms. The maximum Gasteiger partial charge on any atom is 0.275 e. The Kier molecular flexibility index (Phi) is 6.03. The van der Waals surface area contributed by atoms with Gasteiger partial charge in [0.2, 0.25) is 11.8 Å². The zero-order chi connectivity index (χ0) is 30.0. The first kappa shape index (κ1) is 26.7. The molecule has 1 fully saturated rings. The van der Waals surface area contributed by atoms with Crippen LogP contribution in [0.25, 0.3) is 0 Å². The minimum Gasteiger partial charge on any atom is -0.507 e. The van der Waals surface area contributed by atoms with Crippen molar-refractivity contribution in [1.82, 2.24) is 5.43 Å². The topological polar surface area (TPSA) is 142 Å². The Morgan fingerprint density at radius 1 is 0.953 bits per heavy atom. The van der Waals surface area contributed by atoms with Gasteiger partial charge < -0.3 is 5.11 Å². The average Bonchev–Trinajstić information content (AvgIpc) is 3.29. The smallest absolute Gasteiger partial charge is 0.275 e. The molecule has 4 aliphatic rings. The molecule has 0 saturated carbocycles. The van der Waals surface area contributed by atoms with Crippen molar-refractivity contribution in [3.05, 3.63) is 133 Å². The van der Waals surface area contributed by atoms with Crippen molar-refractivity contribution in [3.63, 3.8) is 0 Å². The average molecular weight is 637 g/mol. The number of halogens is 1. The molecule has 1 saturated heterocycles. The van der Waals surface area contributed by atoms with Gasteiger partial charge in [-0.2, -0.15) is 5.10 Å². The summed E-state index contributed by atoms with van der Waals surface area (Å²) in [5.74, 6) is -3.82. The fourth-order valence-corrected chi connectivity index (χ4v) is 7.33. The number of hydrogen-bond donors (Lipinski definition) is 2. The van der Waals surface area contributed by atoms with Crippen LogP contribution in [0, 0.1) is 22.0 Å². The number of nitro groups is 1. The van der Waals surface area contributed by atoms with Crippen LogP contribution in [0.4, 0.5) is 11.4 Å². The van der Waals surface area contributed by atoms with E-state index in [1.165, 1.54) is 42.6 Å². The van der Waals surface area contributed by atoms with Crippen molar-refractivity contribution in [1.29, 1.82) is 0 Å². The van der Waals surface area contributed by atoms with Crippen LogP contribution in [0.3, 0.4) is 0 Å². The molecular weight excluding hydrogens is 616 g/mol. The maximum atomic E-state index is 14.4. The Bertz CT molecular complexity index is 1860. The van der Waals surface area contributed by atoms with Crippen LogP contribution >= 0.6 is 15.9 Å². The number of hydrazone groups is 1. The molecular formula is C32H21BrN4O6. The molecule has 4 aromatic rings. The maximum absolute atomic E-state index is 14.4. The van der Waals surface area contributed by atoms with Gasteiger partial charge in [-0.1, -0.05) is 64.5 Å². The Morgan fingerprint density at radius 3 is 2.21 bits per heavy atom. The third kappa shape index (κ3) is 3.77. The summed E-state index contributed by atoms with van der Waals surface area (Å²) < 4.78 is 0.593. The number of hydrogen-bond acceptors (Lipinski definition) is 7.